The Morgan fingerprint density at radius 1 is 1.33 bits per heavy atom. The van der Waals surface area contributed by atoms with Gasteiger partial charge in [-0.3, -0.25) is 0 Å². The standard InChI is InChI=1S/C14H12ClN3/c1-2-17-14-8-11(5-6-18-14)12-4-3-10(9-16)7-13(12)15/h3-8H,2H2,1H3,(H,17,18). The molecule has 0 aliphatic heterocycles. The fourth-order valence-corrected chi connectivity index (χ4v) is 1.98. The Hall–Kier alpha value is -2.05. The van der Waals surface area contributed by atoms with Gasteiger partial charge in [-0.2, -0.15) is 5.26 Å². The molecule has 90 valence electrons. The van der Waals surface area contributed by atoms with Crippen LogP contribution < -0.4 is 5.32 Å². The molecule has 0 aliphatic carbocycles. The van der Waals surface area contributed by atoms with Crippen LogP contribution in [0.4, 0.5) is 5.82 Å². The molecule has 2 rings (SSSR count). The predicted molar refractivity (Wildman–Crippen MR) is 73.6 cm³/mol. The van der Waals surface area contributed by atoms with E-state index in [4.69, 9.17) is 16.9 Å². The van der Waals surface area contributed by atoms with E-state index in [-0.39, 0.29) is 0 Å². The maximum atomic E-state index is 8.81. The van der Waals surface area contributed by atoms with Crippen molar-refractivity contribution >= 4 is 17.4 Å². The zero-order valence-electron chi connectivity index (χ0n) is 9.94. The highest BCUT2D eigenvalue weighted by Gasteiger charge is 2.05. The summed E-state index contributed by atoms with van der Waals surface area (Å²) in [5.74, 6) is 0.815. The summed E-state index contributed by atoms with van der Waals surface area (Å²) in [6.07, 6.45) is 1.74. The van der Waals surface area contributed by atoms with Crippen LogP contribution in [-0.4, -0.2) is 11.5 Å². The average molecular weight is 258 g/mol. The highest BCUT2D eigenvalue weighted by Crippen LogP contribution is 2.29. The Kier molecular flexibility index (Phi) is 3.81. The Morgan fingerprint density at radius 2 is 2.17 bits per heavy atom. The molecule has 1 aromatic carbocycles. The lowest BCUT2D eigenvalue weighted by Crippen LogP contribution is -1.98. The first-order chi connectivity index (χ1) is 8.74. The van der Waals surface area contributed by atoms with Gasteiger partial charge in [-0.1, -0.05) is 17.7 Å². The van der Waals surface area contributed by atoms with Crippen molar-refractivity contribution in [2.45, 2.75) is 6.92 Å². The van der Waals surface area contributed by atoms with Crippen LogP contribution in [0.5, 0.6) is 0 Å². The second-order valence-electron chi connectivity index (χ2n) is 3.77. The minimum absolute atomic E-state index is 0.560. The molecule has 1 aromatic heterocycles. The van der Waals surface area contributed by atoms with Gasteiger partial charge in [0.15, 0.2) is 0 Å². The summed E-state index contributed by atoms with van der Waals surface area (Å²) in [7, 11) is 0. The van der Waals surface area contributed by atoms with Gasteiger partial charge in [-0.05, 0) is 36.8 Å². The number of anilines is 1. The summed E-state index contributed by atoms with van der Waals surface area (Å²) in [6.45, 7) is 2.83. The number of hydrogen-bond acceptors (Lipinski definition) is 3. The lowest BCUT2D eigenvalue weighted by molar-refractivity contribution is 1.16. The second kappa shape index (κ2) is 5.52. The molecule has 1 N–H and O–H groups in total. The maximum absolute atomic E-state index is 8.81. The fourth-order valence-electron chi connectivity index (χ4n) is 1.69. The van der Waals surface area contributed by atoms with Crippen molar-refractivity contribution in [3.63, 3.8) is 0 Å². The quantitative estimate of drug-likeness (QED) is 0.912. The molecule has 0 amide bonds. The molecule has 0 atom stereocenters. The van der Waals surface area contributed by atoms with Crippen LogP contribution >= 0.6 is 11.6 Å². The van der Waals surface area contributed by atoms with E-state index in [1.807, 2.05) is 25.1 Å². The van der Waals surface area contributed by atoms with Crippen LogP contribution in [0.25, 0.3) is 11.1 Å². The minimum Gasteiger partial charge on any atom is -0.370 e. The third-order valence-electron chi connectivity index (χ3n) is 2.53. The normalized spacial score (nSPS) is 9.83. The largest absolute Gasteiger partial charge is 0.370 e. The van der Waals surface area contributed by atoms with Gasteiger partial charge >= 0.3 is 0 Å². The monoisotopic (exact) mass is 257 g/mol. The van der Waals surface area contributed by atoms with Crippen molar-refractivity contribution in [3.8, 4) is 17.2 Å². The molecule has 0 unspecified atom stereocenters. The van der Waals surface area contributed by atoms with Gasteiger partial charge in [0.1, 0.15) is 5.82 Å². The van der Waals surface area contributed by atoms with Crippen molar-refractivity contribution in [2.75, 3.05) is 11.9 Å². The number of rotatable bonds is 3. The van der Waals surface area contributed by atoms with E-state index >= 15 is 0 Å². The Morgan fingerprint density at radius 3 is 2.83 bits per heavy atom. The first-order valence-corrected chi connectivity index (χ1v) is 6.02. The molecule has 2 aromatic rings. The lowest BCUT2D eigenvalue weighted by Gasteiger charge is -2.07. The van der Waals surface area contributed by atoms with Crippen LogP contribution in [0, 0.1) is 11.3 Å². The van der Waals surface area contributed by atoms with E-state index in [0.29, 0.717) is 10.6 Å². The van der Waals surface area contributed by atoms with Gasteiger partial charge < -0.3 is 5.32 Å². The van der Waals surface area contributed by atoms with Gasteiger partial charge in [0.25, 0.3) is 0 Å². The highest BCUT2D eigenvalue weighted by atomic mass is 35.5. The average Bonchev–Trinajstić information content (AvgIpc) is 2.39. The first-order valence-electron chi connectivity index (χ1n) is 5.64. The van der Waals surface area contributed by atoms with Gasteiger partial charge in [-0.15, -0.1) is 0 Å². The van der Waals surface area contributed by atoms with Crippen molar-refractivity contribution in [1.29, 1.82) is 5.26 Å². The lowest BCUT2D eigenvalue weighted by atomic mass is 10.1. The van der Waals surface area contributed by atoms with Crippen LogP contribution in [-0.2, 0) is 0 Å². The molecule has 0 radical (unpaired) electrons. The van der Waals surface area contributed by atoms with Crippen molar-refractivity contribution in [2.24, 2.45) is 0 Å². The van der Waals surface area contributed by atoms with Gasteiger partial charge in [0, 0.05) is 23.3 Å². The molecule has 18 heavy (non-hydrogen) atoms. The molecule has 3 nitrogen and oxygen atoms in total. The molecular formula is C14H12ClN3. The number of benzene rings is 1. The SMILES string of the molecule is CCNc1cc(-c2ccc(C#N)cc2Cl)ccn1. The third-order valence-corrected chi connectivity index (χ3v) is 2.84. The first kappa shape index (κ1) is 12.4. The molecular weight excluding hydrogens is 246 g/mol. The summed E-state index contributed by atoms with van der Waals surface area (Å²) in [6, 6.07) is 11.2. The Balaban J connectivity index is 2.42. The molecule has 0 saturated heterocycles. The van der Waals surface area contributed by atoms with E-state index < -0.39 is 0 Å². The Bertz CT molecular complexity index is 602. The maximum Gasteiger partial charge on any atom is 0.126 e. The van der Waals surface area contributed by atoms with Gasteiger partial charge in [0.05, 0.1) is 11.6 Å². The van der Waals surface area contributed by atoms with E-state index in [1.165, 1.54) is 0 Å². The van der Waals surface area contributed by atoms with Crippen LogP contribution in [0.2, 0.25) is 5.02 Å². The second-order valence-corrected chi connectivity index (χ2v) is 4.17. The van der Waals surface area contributed by atoms with Crippen LogP contribution in [0.1, 0.15) is 12.5 Å². The van der Waals surface area contributed by atoms with Crippen molar-refractivity contribution in [1.82, 2.24) is 4.98 Å². The van der Waals surface area contributed by atoms with E-state index in [0.717, 1.165) is 23.5 Å². The molecule has 4 heteroatoms. The number of nitriles is 1. The fraction of sp³-hybridized carbons (Fsp3) is 0.143. The van der Waals surface area contributed by atoms with Crippen molar-refractivity contribution < 1.29 is 0 Å². The van der Waals surface area contributed by atoms with Crippen molar-refractivity contribution in [3.05, 3.63) is 47.1 Å². The third kappa shape index (κ3) is 2.61. The number of aromatic nitrogens is 1. The van der Waals surface area contributed by atoms with Gasteiger partial charge in [-0.25, -0.2) is 4.98 Å². The zero-order valence-corrected chi connectivity index (χ0v) is 10.7. The summed E-state index contributed by atoms with van der Waals surface area (Å²) < 4.78 is 0. The van der Waals surface area contributed by atoms with Crippen LogP contribution in [0.3, 0.4) is 0 Å². The number of nitrogens with zero attached hydrogens (tertiary/aromatic N) is 2. The molecule has 1 heterocycles. The number of nitrogens with one attached hydrogen (secondary N) is 1. The highest BCUT2D eigenvalue weighted by molar-refractivity contribution is 6.33. The molecule has 0 saturated carbocycles. The molecule has 0 aliphatic rings. The molecule has 0 spiro atoms. The summed E-state index contributed by atoms with van der Waals surface area (Å²) >= 11 is 6.18. The molecule has 0 bridgehead atoms. The summed E-state index contributed by atoms with van der Waals surface area (Å²) in [5, 5.41) is 12.5. The summed E-state index contributed by atoms with van der Waals surface area (Å²) in [4.78, 5) is 4.21. The van der Waals surface area contributed by atoms with Gasteiger partial charge in [0.2, 0.25) is 0 Å². The minimum atomic E-state index is 0.560. The smallest absolute Gasteiger partial charge is 0.126 e. The van der Waals surface area contributed by atoms with Crippen LogP contribution in [0.15, 0.2) is 36.5 Å². The number of halogens is 1. The Labute approximate surface area is 111 Å². The summed E-state index contributed by atoms with van der Waals surface area (Å²) in [5.41, 5.74) is 2.44. The predicted octanol–water partition coefficient (Wildman–Crippen LogP) is 3.71. The number of hydrogen-bond donors (Lipinski definition) is 1. The van der Waals surface area contributed by atoms with E-state index in [2.05, 4.69) is 16.4 Å². The molecule has 0 fully saturated rings. The number of pyridine rings is 1. The van der Waals surface area contributed by atoms with E-state index in [9.17, 15) is 0 Å². The zero-order chi connectivity index (χ0) is 13.0. The van der Waals surface area contributed by atoms with E-state index in [1.54, 1.807) is 18.3 Å². The topological polar surface area (TPSA) is 48.7 Å².